The Kier molecular flexibility index (Phi) is 39.8. The fraction of sp³-hybridized carbons (Fsp3) is 0.627. The Bertz CT molecular complexity index is 3920. The molecule has 0 bridgehead atoms. The number of nitrogens with one attached hydrogen (secondary N) is 5. The molecule has 9 atom stereocenters. The van der Waals surface area contributed by atoms with Gasteiger partial charge in [-0.25, -0.2) is 63.0 Å². The van der Waals surface area contributed by atoms with Gasteiger partial charge in [0, 0.05) is 86.7 Å². The van der Waals surface area contributed by atoms with Crippen LogP contribution in [0.25, 0.3) is 9.69 Å². The molecule has 0 radical (unpaired) electrons. The van der Waals surface area contributed by atoms with Crippen LogP contribution in [-0.2, 0) is 62.2 Å². The second kappa shape index (κ2) is 46.0. The summed E-state index contributed by atoms with van der Waals surface area (Å²) in [6, 6.07) is 19.7. The van der Waals surface area contributed by atoms with Gasteiger partial charge in [-0.1, -0.05) is 68.9 Å². The molecular formula is C67H105N15O18P2S3. The molecule has 0 amide bonds. The smallest absolute Gasteiger partial charge is 0.330 e. The zero-order chi connectivity index (χ0) is 78.1. The molecule has 38 heteroatoms. The zero-order valence-electron chi connectivity index (χ0n) is 62.3. The summed E-state index contributed by atoms with van der Waals surface area (Å²) in [5, 5.41) is 24.4. The summed E-state index contributed by atoms with van der Waals surface area (Å²) < 4.78 is 105. The predicted octanol–water partition coefficient (Wildman–Crippen LogP) is 7.76. The Hall–Kier alpha value is -6.54. The van der Waals surface area contributed by atoms with Crippen LogP contribution >= 0.6 is 28.7 Å². The van der Waals surface area contributed by atoms with Crippen molar-refractivity contribution in [1.29, 1.82) is 0 Å². The van der Waals surface area contributed by atoms with Crippen LogP contribution in [0.4, 0.5) is 0 Å². The van der Waals surface area contributed by atoms with Gasteiger partial charge in [0.05, 0.1) is 22.0 Å². The van der Waals surface area contributed by atoms with Crippen LogP contribution < -0.4 is 31.9 Å². The second-order valence-electron chi connectivity index (χ2n) is 25.3. The number of nitrogens with zero attached hydrogens (tertiary/aromatic N) is 10. The van der Waals surface area contributed by atoms with Gasteiger partial charge in [-0.15, -0.1) is 10.2 Å². The second-order valence-corrected chi connectivity index (χ2v) is 33.2. The van der Waals surface area contributed by atoms with Crippen LogP contribution in [0.5, 0.6) is 0 Å². The lowest BCUT2D eigenvalue weighted by atomic mass is 10.1. The molecule has 2 saturated heterocycles. The highest BCUT2D eigenvalue weighted by Crippen LogP contribution is 2.52. The molecule has 0 saturated carbocycles. The van der Waals surface area contributed by atoms with Crippen molar-refractivity contribution in [2.45, 2.75) is 243 Å². The van der Waals surface area contributed by atoms with Crippen LogP contribution in [-0.4, -0.2) is 206 Å². The Morgan fingerprint density at radius 2 is 1.04 bits per heavy atom. The number of aliphatic hydroxyl groups excluding tert-OH is 1. The van der Waals surface area contributed by atoms with E-state index in [0.29, 0.717) is 55.3 Å². The predicted molar refractivity (Wildman–Crippen MR) is 399 cm³/mol. The number of carbonyl (C=O) groups is 2. The number of H-pyrrole nitrogens is 3. The highest BCUT2D eigenvalue weighted by molar-refractivity contribution is 7.99. The fourth-order valence-corrected chi connectivity index (χ4v) is 17.7. The number of tetrazole rings is 1. The number of thioether (sulfide) groups is 1. The molecule has 2 fully saturated rings. The van der Waals surface area contributed by atoms with Gasteiger partial charge < -0.3 is 47.3 Å². The number of aliphatic hydroxyl groups is 1. The summed E-state index contributed by atoms with van der Waals surface area (Å²) in [4.78, 5) is 84.8. The van der Waals surface area contributed by atoms with Gasteiger partial charge in [0.25, 0.3) is 19.6 Å². The number of benzene rings is 2. The maximum atomic E-state index is 13.2. The summed E-state index contributed by atoms with van der Waals surface area (Å²) in [5.41, 5.74) is -2.70. The molecule has 2 aliphatic heterocycles. The minimum atomic E-state index is -3.74. The van der Waals surface area contributed by atoms with Crippen LogP contribution in [0.1, 0.15) is 155 Å². The van der Waals surface area contributed by atoms with Gasteiger partial charge in [0.1, 0.15) is 25.4 Å². The van der Waals surface area contributed by atoms with E-state index >= 15 is 0 Å². The van der Waals surface area contributed by atoms with Crippen molar-refractivity contribution in [1.82, 2.24) is 63.2 Å². The van der Waals surface area contributed by atoms with Crippen LogP contribution in [0, 0.1) is 13.1 Å². The average molecular weight is 1570 g/mol. The number of aromatic amines is 3. The van der Waals surface area contributed by atoms with E-state index in [0.717, 1.165) is 27.0 Å². The van der Waals surface area contributed by atoms with E-state index in [1.807, 2.05) is 46.2 Å². The van der Waals surface area contributed by atoms with Gasteiger partial charge in [-0.3, -0.25) is 38.3 Å². The van der Waals surface area contributed by atoms with Gasteiger partial charge in [0.2, 0.25) is 38.3 Å². The molecule has 2 aromatic carbocycles. The van der Waals surface area contributed by atoms with Crippen molar-refractivity contribution < 1.29 is 64.0 Å². The van der Waals surface area contributed by atoms with E-state index in [1.54, 1.807) is 55.1 Å². The lowest BCUT2D eigenvalue weighted by Crippen LogP contribution is -2.43. The summed E-state index contributed by atoms with van der Waals surface area (Å²) in [6.45, 7) is 46.6. The number of aromatic nitrogens is 8. The molecule has 3 unspecified atom stereocenters. The van der Waals surface area contributed by atoms with Crippen LogP contribution in [0.2, 0.25) is 0 Å². The molecule has 5 heterocycles. The first-order chi connectivity index (χ1) is 49.8. The van der Waals surface area contributed by atoms with Crippen molar-refractivity contribution in [3.63, 3.8) is 0 Å². The Balaban J connectivity index is 0.000000336. The van der Waals surface area contributed by atoms with Crippen molar-refractivity contribution in [2.24, 2.45) is 0 Å². The Morgan fingerprint density at radius 3 is 1.43 bits per heavy atom. The number of rotatable bonds is 37. The van der Waals surface area contributed by atoms with Crippen LogP contribution in [0.15, 0.2) is 119 Å². The third-order valence-electron chi connectivity index (χ3n) is 15.4. The van der Waals surface area contributed by atoms with Gasteiger partial charge in [-0.2, -0.15) is 5.21 Å². The minimum Gasteiger partial charge on any atom is -0.455 e. The number of carbonyl (C=O) groups excluding carboxylic acids is 2. The molecule has 7 rings (SSSR count). The Labute approximate surface area is 622 Å². The highest BCUT2D eigenvalue weighted by Gasteiger charge is 2.51. The van der Waals surface area contributed by atoms with E-state index in [-0.39, 0.29) is 73.8 Å². The molecule has 0 aliphatic carbocycles. The van der Waals surface area contributed by atoms with E-state index in [4.69, 9.17) is 45.7 Å². The quantitative estimate of drug-likeness (QED) is 0.00727. The van der Waals surface area contributed by atoms with Crippen molar-refractivity contribution in [3.8, 4) is 0 Å². The highest BCUT2D eigenvalue weighted by atomic mass is 32.2. The molecule has 33 nitrogen and oxygen atoms in total. The average Bonchev–Trinajstić information content (AvgIpc) is 1.67. The van der Waals surface area contributed by atoms with E-state index in [1.165, 1.54) is 36.7 Å². The van der Waals surface area contributed by atoms with E-state index in [9.17, 15) is 50.7 Å². The molecule has 6 N–H and O–H groups in total. The molecule has 0 spiro atoms. The summed E-state index contributed by atoms with van der Waals surface area (Å²) in [6.07, 6.45) is -4.52. The van der Waals surface area contributed by atoms with Crippen molar-refractivity contribution >= 4 is 60.7 Å². The first kappa shape index (κ1) is 90.8. The van der Waals surface area contributed by atoms with Gasteiger partial charge in [0.15, 0.2) is 33.1 Å². The number of esters is 2. The molecule has 2 aliphatic rings. The topological polar surface area (TPSA) is 394 Å². The number of sulfonamides is 2. The first-order valence-corrected chi connectivity index (χ1v) is 41.0. The lowest BCUT2D eigenvalue weighted by Gasteiger charge is -2.45. The van der Waals surface area contributed by atoms with Gasteiger partial charge >= 0.3 is 23.3 Å². The van der Waals surface area contributed by atoms with E-state index < -0.39 is 121 Å². The largest absolute Gasteiger partial charge is 0.455 e. The lowest BCUT2D eigenvalue weighted by molar-refractivity contribution is -0.159. The molecule has 105 heavy (non-hydrogen) atoms. The normalized spacial score (nSPS) is 19.2. The monoisotopic (exact) mass is 1570 g/mol. The number of hydrogen-bond donors (Lipinski definition) is 6. The fourth-order valence-electron chi connectivity index (χ4n) is 11.0. The van der Waals surface area contributed by atoms with E-state index in [2.05, 4.69) is 114 Å². The zero-order valence-corrected chi connectivity index (χ0v) is 66.6. The maximum Gasteiger partial charge on any atom is 0.330 e. The molecular weight excluding hydrogens is 1460 g/mol. The van der Waals surface area contributed by atoms with Crippen LogP contribution in [0.3, 0.4) is 0 Å². The first-order valence-electron chi connectivity index (χ1n) is 34.8. The molecule has 3 aromatic heterocycles. The third-order valence-corrected chi connectivity index (χ3v) is 24.2. The summed E-state index contributed by atoms with van der Waals surface area (Å²) >= 11 is 1.57. The van der Waals surface area contributed by atoms with Gasteiger partial charge in [-0.05, 0) is 144 Å². The molecule has 5 aromatic rings. The maximum absolute atomic E-state index is 13.2. The van der Waals surface area contributed by atoms with Crippen molar-refractivity contribution in [3.05, 3.63) is 150 Å². The molecule has 584 valence electrons. The summed E-state index contributed by atoms with van der Waals surface area (Å²) in [7, 11) is -10.0. The third kappa shape index (κ3) is 28.8. The Morgan fingerprint density at radius 1 is 0.619 bits per heavy atom. The minimum absolute atomic E-state index is 0.00438. The summed E-state index contributed by atoms with van der Waals surface area (Å²) in [5.74, 6) is -0.353. The SMILES string of the molecule is CCSc1nn[nH]n1.CC[C@H]1O[C@@H](n2ccc(=O)[nH]c2=O)[C@@H](OC(=O)CCCNS(=O)(=O)c2ccccc2)C1O.[C-]#[N+]CCOP(N(C(C)C)C(C)C)N(C(C)C)C(C)C.[C-]#[N+]CCOP(OC1[C@@H](CC)O[C@@H](n2ccc(=O)[nH]c2=O)[C@H]1OC(=O)CCCNS(=O)(=O)c1ccccc1)N(C(C)C)C(C)C. The van der Waals surface area contributed by atoms with Crippen molar-refractivity contribution in [2.75, 3.05) is 45.1 Å². The number of ether oxygens (including phenoxy) is 4. The standard InChI is InChI=1S/C29H42N5O9PS.C20H25N3O8S.C15H32N3OP.C3H6N4S/c1-7-23-26(43-44(40-19-17-30-6)34(20(2)3)21(4)5)27(28(41-23)33-18-15-24(35)32-29(33)37)42-25(36)14-11-16-31-45(38,39)22-12-9-8-10-13-22;1-2-14-17(26)18(19(30-14)23-12-10-15(24)22-20(23)27)31-16(25)9-6-11-21-32(28,29)13-7-4-3-5-8-13;1-12(2)17(13(3)4)20(19-11-10-16-9)18(14(5)6)15(7)8;1-2-8-3-4-6-7-5-3/h8-10,12-13,15,18,20-21,23,26-28,31H,7,11,14,16-17,19H2,1-5H3,(H,32,35,37);3-5,7-8,10,12,14,17-19,21,26H,2,6,9,11H2,1H3,(H,22,24,27);12-15H,10-11H2,1-8H3;2H2,1H3,(H,4,5,6,7)/t23-,26?,27+,28-,44?;14-,17?,18+,19-;;/m11../s1. The number of hydrogen-bond acceptors (Lipinski definition) is 25.